The van der Waals surface area contributed by atoms with E-state index < -0.39 is 30.3 Å². The summed E-state index contributed by atoms with van der Waals surface area (Å²) in [6, 6.07) is 5.27. The van der Waals surface area contributed by atoms with Crippen molar-refractivity contribution >= 4 is 99.8 Å². The third-order valence-corrected chi connectivity index (χ3v) is 4.91. The molecule has 0 saturated heterocycles. The van der Waals surface area contributed by atoms with Crippen molar-refractivity contribution in [2.24, 2.45) is 0 Å². The van der Waals surface area contributed by atoms with Gasteiger partial charge in [-0.3, -0.25) is 4.79 Å². The van der Waals surface area contributed by atoms with E-state index in [2.05, 4.69) is 26.8 Å². The number of hydrogen-bond donors (Lipinski definition) is 6. The number of carboxylic acids is 2. The number of carbonyl (C=O) groups excluding carboxylic acids is 1. The van der Waals surface area contributed by atoms with E-state index in [0.717, 1.165) is 16.5 Å². The normalized spacial score (nSPS) is 11.1. The zero-order chi connectivity index (χ0) is 23.4. The zero-order valence-corrected chi connectivity index (χ0v) is 17.0. The molecule has 0 radical (unpaired) electrons. The van der Waals surface area contributed by atoms with Crippen molar-refractivity contribution in [2.75, 3.05) is 11.5 Å². The standard InChI is InChI=1S/C21H22N6O5.2Na.2H/c1-10(19(29)30)8-14(20(31)32)25-18(28)12-5-2-11(3-6-12)4-7-13-9-24-17-15(13)16(22)26-21(23)27-17;;;;/h2-3,5-6,9,14H,1,4,7-8H2,(H,25,28)(H,29,30)(H,31,32)(H5,22,23,24,26,27);;;;/t14-;;;;/m0..../s1. The molecule has 1 aromatic carbocycles. The Morgan fingerprint density at radius 3 is 2.29 bits per heavy atom. The number of aromatic amines is 1. The molecule has 0 fully saturated rings. The van der Waals surface area contributed by atoms with Gasteiger partial charge in [-0.25, -0.2) is 9.59 Å². The Labute approximate surface area is 239 Å². The van der Waals surface area contributed by atoms with Crippen molar-refractivity contribution in [3.8, 4) is 0 Å². The van der Waals surface area contributed by atoms with Crippen LogP contribution in [0.1, 0.15) is 27.9 Å². The van der Waals surface area contributed by atoms with Gasteiger partial charge in [-0.1, -0.05) is 18.7 Å². The third kappa shape index (κ3) is 7.29. The number of aliphatic carboxylic acids is 2. The van der Waals surface area contributed by atoms with E-state index in [9.17, 15) is 19.5 Å². The second kappa shape index (κ2) is 12.9. The van der Waals surface area contributed by atoms with E-state index in [1.165, 1.54) is 0 Å². The number of fused-ring (bicyclic) bond motifs is 1. The summed E-state index contributed by atoms with van der Waals surface area (Å²) in [5, 5.41) is 21.1. The van der Waals surface area contributed by atoms with Crippen molar-refractivity contribution in [1.29, 1.82) is 0 Å². The first-order valence-corrected chi connectivity index (χ1v) is 9.58. The Morgan fingerprint density at radius 1 is 1.06 bits per heavy atom. The molecule has 0 bridgehead atoms. The second-order valence-electron chi connectivity index (χ2n) is 7.18. The fourth-order valence-corrected chi connectivity index (χ4v) is 3.22. The van der Waals surface area contributed by atoms with E-state index in [1.807, 2.05) is 0 Å². The first kappa shape index (κ1) is 29.6. The van der Waals surface area contributed by atoms with E-state index in [1.54, 1.807) is 30.5 Å². The van der Waals surface area contributed by atoms with Gasteiger partial charge in [-0.15, -0.1) is 0 Å². The van der Waals surface area contributed by atoms with Crippen LogP contribution in [0.25, 0.3) is 11.0 Å². The fourth-order valence-electron chi connectivity index (χ4n) is 3.22. The predicted molar refractivity (Wildman–Crippen MR) is 131 cm³/mol. The number of rotatable bonds is 9. The summed E-state index contributed by atoms with van der Waals surface area (Å²) in [7, 11) is 0. The summed E-state index contributed by atoms with van der Waals surface area (Å²) in [5.41, 5.74) is 13.9. The molecular formula is C21H24N6Na2O5. The molecular weight excluding hydrogens is 462 g/mol. The first-order chi connectivity index (χ1) is 15.2. The predicted octanol–water partition coefficient (Wildman–Crippen LogP) is -0.176. The van der Waals surface area contributed by atoms with Gasteiger partial charge in [0.25, 0.3) is 5.91 Å². The first-order valence-electron chi connectivity index (χ1n) is 9.58. The molecule has 3 aromatic rings. The molecule has 0 aliphatic rings. The van der Waals surface area contributed by atoms with Crippen LogP contribution in [-0.4, -0.2) is 108 Å². The molecule has 1 amide bonds. The van der Waals surface area contributed by atoms with E-state index in [-0.39, 0.29) is 76.2 Å². The zero-order valence-electron chi connectivity index (χ0n) is 17.0. The van der Waals surface area contributed by atoms with Gasteiger partial charge in [-0.05, 0) is 36.1 Å². The minimum atomic E-state index is -1.39. The number of hydrogen-bond acceptors (Lipinski definition) is 7. The molecule has 0 unspecified atom stereocenters. The Kier molecular flexibility index (Phi) is 11.2. The summed E-state index contributed by atoms with van der Waals surface area (Å²) in [6.07, 6.45) is 2.68. The molecule has 170 valence electrons. The summed E-state index contributed by atoms with van der Waals surface area (Å²) in [4.78, 5) is 45.7. The van der Waals surface area contributed by atoms with Gasteiger partial charge in [0.15, 0.2) is 0 Å². The van der Waals surface area contributed by atoms with Gasteiger partial charge in [0.05, 0.1) is 5.39 Å². The van der Waals surface area contributed by atoms with Crippen molar-refractivity contribution in [3.05, 3.63) is 59.3 Å². The van der Waals surface area contributed by atoms with Crippen LogP contribution in [0.3, 0.4) is 0 Å². The van der Waals surface area contributed by atoms with Crippen molar-refractivity contribution in [2.45, 2.75) is 25.3 Å². The van der Waals surface area contributed by atoms with Gasteiger partial charge in [-0.2, -0.15) is 9.97 Å². The van der Waals surface area contributed by atoms with Gasteiger partial charge in [0.2, 0.25) is 5.95 Å². The fraction of sp³-hybridized carbons (Fsp3) is 0.190. The molecule has 3 rings (SSSR count). The Bertz CT molecular complexity index is 1210. The third-order valence-electron chi connectivity index (χ3n) is 4.91. The Balaban J connectivity index is 0.00000289. The summed E-state index contributed by atoms with van der Waals surface area (Å²) < 4.78 is 0. The van der Waals surface area contributed by atoms with Gasteiger partial charge < -0.3 is 32.0 Å². The number of carboxylic acid groups (broad SMARTS) is 2. The van der Waals surface area contributed by atoms with Crippen molar-refractivity contribution < 1.29 is 24.6 Å². The van der Waals surface area contributed by atoms with Crippen LogP contribution in [0.15, 0.2) is 42.6 Å². The van der Waals surface area contributed by atoms with Crippen LogP contribution in [0.4, 0.5) is 11.8 Å². The number of aryl methyl sites for hydroxylation is 2. The molecule has 1 atom stereocenters. The van der Waals surface area contributed by atoms with Crippen molar-refractivity contribution in [1.82, 2.24) is 20.3 Å². The van der Waals surface area contributed by atoms with Crippen LogP contribution in [0.2, 0.25) is 0 Å². The van der Waals surface area contributed by atoms with Crippen LogP contribution in [0, 0.1) is 0 Å². The number of benzene rings is 1. The number of nitrogen functional groups attached to an aromatic ring is 2. The average molecular weight is 486 g/mol. The van der Waals surface area contributed by atoms with Crippen LogP contribution >= 0.6 is 0 Å². The molecule has 11 nitrogen and oxygen atoms in total. The van der Waals surface area contributed by atoms with E-state index in [4.69, 9.17) is 16.6 Å². The van der Waals surface area contributed by atoms with Crippen LogP contribution in [0.5, 0.6) is 0 Å². The van der Waals surface area contributed by atoms with Crippen molar-refractivity contribution in [3.63, 3.8) is 0 Å². The number of carbonyl (C=O) groups is 3. The molecule has 13 heteroatoms. The molecule has 8 N–H and O–H groups in total. The Morgan fingerprint density at radius 2 is 1.71 bits per heavy atom. The molecule has 0 saturated carbocycles. The minimum absolute atomic E-state index is 0. The van der Waals surface area contributed by atoms with Gasteiger partial charge in [0.1, 0.15) is 17.5 Å². The van der Waals surface area contributed by atoms with Gasteiger partial charge in [0, 0.05) is 23.8 Å². The molecule has 2 heterocycles. The monoisotopic (exact) mass is 486 g/mol. The summed E-state index contributed by atoms with van der Waals surface area (Å²) >= 11 is 0. The maximum absolute atomic E-state index is 12.4. The molecule has 0 aliphatic carbocycles. The van der Waals surface area contributed by atoms with Crippen LogP contribution < -0.4 is 16.8 Å². The summed E-state index contributed by atoms with van der Waals surface area (Å²) in [5.74, 6) is -2.90. The number of anilines is 2. The second-order valence-corrected chi connectivity index (χ2v) is 7.18. The van der Waals surface area contributed by atoms with E-state index in [0.29, 0.717) is 24.3 Å². The molecule has 0 aliphatic heterocycles. The van der Waals surface area contributed by atoms with Crippen LogP contribution in [-0.2, 0) is 22.4 Å². The number of amides is 1. The number of nitrogens with zero attached hydrogens (tertiary/aromatic N) is 2. The molecule has 0 spiro atoms. The maximum atomic E-state index is 12.4. The van der Waals surface area contributed by atoms with E-state index >= 15 is 0 Å². The van der Waals surface area contributed by atoms with Gasteiger partial charge >= 0.3 is 71.1 Å². The molecule has 2 aromatic heterocycles. The SMILES string of the molecule is C=C(C[C@H](NC(=O)c1ccc(CCc2c[nH]c3nc(N)nc(N)c23)cc1)C(=O)O)C(=O)O.[NaH].[NaH]. The average Bonchev–Trinajstić information content (AvgIpc) is 3.14. The number of nitrogens with two attached hydrogens (primary N) is 2. The topological polar surface area (TPSA) is 197 Å². The quantitative estimate of drug-likeness (QED) is 0.176. The Hall–Kier alpha value is -2.41. The summed E-state index contributed by atoms with van der Waals surface area (Å²) in [6.45, 7) is 3.30. The molecule has 34 heavy (non-hydrogen) atoms. The number of nitrogens with one attached hydrogen (secondary N) is 2. The number of H-pyrrole nitrogens is 1. The number of aromatic nitrogens is 3.